The van der Waals surface area contributed by atoms with Crippen LogP contribution in [0.15, 0.2) is 40.8 Å². The number of hydrogen-bond acceptors (Lipinski definition) is 3. The molecule has 5 nitrogen and oxygen atoms in total. The average Bonchev–Trinajstić information content (AvgIpc) is 2.79. The highest BCUT2D eigenvalue weighted by atomic mass is 19.1. The van der Waals surface area contributed by atoms with Gasteiger partial charge in [-0.2, -0.15) is 0 Å². The molecule has 6 heteroatoms. The van der Waals surface area contributed by atoms with Crippen molar-refractivity contribution in [2.45, 2.75) is 50.6 Å². The number of para-hydroxylation sites is 1. The number of pyridine rings is 1. The molecule has 1 N–H and O–H groups in total. The Morgan fingerprint density at radius 1 is 1.16 bits per heavy atom. The largest absolute Gasteiger partial charge is 0.358 e. The van der Waals surface area contributed by atoms with Gasteiger partial charge < -0.3 is 9.88 Å². The number of rotatable bonds is 1. The van der Waals surface area contributed by atoms with E-state index in [2.05, 4.69) is 16.0 Å². The minimum Gasteiger partial charge on any atom is -0.358 e. The Hall–Kier alpha value is -2.47. The molecule has 0 unspecified atom stereocenters. The topological polar surface area (TPSA) is 56.4 Å². The normalized spacial score (nSPS) is 30.5. The zero-order valence-electron chi connectivity index (χ0n) is 17.6. The molecule has 3 fully saturated rings. The number of amides is 1. The van der Waals surface area contributed by atoms with E-state index in [1.54, 1.807) is 6.07 Å². The molecular formula is C25H28FN3O2. The van der Waals surface area contributed by atoms with Crippen LogP contribution in [0.4, 0.5) is 4.39 Å². The molecule has 0 radical (unpaired) electrons. The summed E-state index contributed by atoms with van der Waals surface area (Å²) in [6.45, 7) is 2.88. The maximum Gasteiger partial charge on any atom is 0.259 e. The summed E-state index contributed by atoms with van der Waals surface area (Å²) < 4.78 is 14.1. The molecule has 4 heterocycles. The van der Waals surface area contributed by atoms with Gasteiger partial charge in [0.15, 0.2) is 0 Å². The Morgan fingerprint density at radius 2 is 2.06 bits per heavy atom. The van der Waals surface area contributed by atoms with Crippen molar-refractivity contribution < 1.29 is 9.18 Å². The van der Waals surface area contributed by atoms with Gasteiger partial charge in [0.1, 0.15) is 11.4 Å². The van der Waals surface area contributed by atoms with Gasteiger partial charge in [-0.05, 0) is 62.6 Å². The lowest BCUT2D eigenvalue weighted by Gasteiger charge is -2.54. The van der Waals surface area contributed by atoms with E-state index in [1.165, 1.54) is 43.2 Å². The maximum atomic E-state index is 14.1. The number of fused-ring (bicyclic) bond motifs is 7. The van der Waals surface area contributed by atoms with E-state index in [4.69, 9.17) is 0 Å². The van der Waals surface area contributed by atoms with Gasteiger partial charge >= 0.3 is 0 Å². The fourth-order valence-corrected chi connectivity index (χ4v) is 6.73. The van der Waals surface area contributed by atoms with Crippen LogP contribution in [0, 0.1) is 17.7 Å². The number of carbonyl (C=O) groups is 1. The van der Waals surface area contributed by atoms with E-state index in [-0.39, 0.29) is 33.8 Å². The van der Waals surface area contributed by atoms with Crippen molar-refractivity contribution in [3.05, 3.63) is 57.6 Å². The molecular weight excluding hydrogens is 393 g/mol. The number of piperidine rings is 3. The number of likely N-dealkylation sites (tertiary alicyclic amines) is 1. The number of halogens is 1. The van der Waals surface area contributed by atoms with Crippen molar-refractivity contribution >= 4 is 16.8 Å². The number of nitrogens with zero attached hydrogens (tertiary/aromatic N) is 2. The van der Waals surface area contributed by atoms with Gasteiger partial charge in [0, 0.05) is 30.7 Å². The number of nitrogens with one attached hydrogen (secondary N) is 1. The molecule has 1 amide bonds. The molecule has 4 atom stereocenters. The van der Waals surface area contributed by atoms with E-state index in [0.29, 0.717) is 24.4 Å². The van der Waals surface area contributed by atoms with Gasteiger partial charge in [0.2, 0.25) is 5.43 Å². The van der Waals surface area contributed by atoms with E-state index >= 15 is 0 Å². The predicted octanol–water partition coefficient (Wildman–Crippen LogP) is 3.70. The van der Waals surface area contributed by atoms with Crippen molar-refractivity contribution in [1.82, 2.24) is 14.8 Å². The van der Waals surface area contributed by atoms with Crippen LogP contribution in [-0.2, 0) is 0 Å². The van der Waals surface area contributed by atoms with Crippen LogP contribution < -0.4 is 5.43 Å². The summed E-state index contributed by atoms with van der Waals surface area (Å²) in [5.74, 6) is 0.337. The number of H-pyrrole nitrogens is 1. The molecule has 1 aliphatic carbocycles. The minimum atomic E-state index is -0.478. The molecule has 0 spiro atoms. The van der Waals surface area contributed by atoms with Crippen LogP contribution in [0.5, 0.6) is 0 Å². The molecule has 6 rings (SSSR count). The lowest BCUT2D eigenvalue weighted by Crippen LogP contribution is -2.60. The number of hydrogen-bond donors (Lipinski definition) is 1. The zero-order valence-corrected chi connectivity index (χ0v) is 17.6. The van der Waals surface area contributed by atoms with Crippen LogP contribution in [0.3, 0.4) is 0 Å². The summed E-state index contributed by atoms with van der Waals surface area (Å²) in [5.41, 5.74) is 1.29. The predicted molar refractivity (Wildman–Crippen MR) is 117 cm³/mol. The van der Waals surface area contributed by atoms with Gasteiger partial charge in [-0.3, -0.25) is 14.5 Å². The second kappa shape index (κ2) is 7.30. The third-order valence-corrected chi connectivity index (χ3v) is 8.01. The van der Waals surface area contributed by atoms with Crippen LogP contribution in [0.25, 0.3) is 10.9 Å². The first kappa shape index (κ1) is 19.2. The molecule has 31 heavy (non-hydrogen) atoms. The first-order chi connectivity index (χ1) is 15.1. The highest BCUT2D eigenvalue weighted by molar-refractivity contribution is 5.97. The van der Waals surface area contributed by atoms with Crippen LogP contribution in [0.2, 0.25) is 0 Å². The molecule has 2 aromatic rings. The number of benzene rings is 1. The lowest BCUT2D eigenvalue weighted by molar-refractivity contribution is 0.00143. The fourth-order valence-electron chi connectivity index (χ4n) is 6.73. The zero-order chi connectivity index (χ0) is 21.1. The summed E-state index contributed by atoms with van der Waals surface area (Å²) in [5, 5.41) is 0.233. The van der Waals surface area contributed by atoms with Crippen molar-refractivity contribution in [3.63, 3.8) is 0 Å². The number of carbonyl (C=O) groups excluding carboxylic acids is 1. The summed E-state index contributed by atoms with van der Waals surface area (Å²) in [4.78, 5) is 34.1. The highest BCUT2D eigenvalue weighted by Crippen LogP contribution is 2.45. The van der Waals surface area contributed by atoms with Gasteiger partial charge in [-0.15, -0.1) is 0 Å². The summed E-state index contributed by atoms with van der Waals surface area (Å²) in [6.07, 6.45) is 10.9. The second-order valence-electron chi connectivity index (χ2n) is 9.70. The Bertz CT molecular complexity index is 1140. The molecule has 1 aromatic carbocycles. The molecule has 0 saturated carbocycles. The van der Waals surface area contributed by atoms with Gasteiger partial charge in [-0.1, -0.05) is 24.1 Å². The van der Waals surface area contributed by atoms with Crippen molar-refractivity contribution in [3.8, 4) is 0 Å². The Labute approximate surface area is 180 Å². The van der Waals surface area contributed by atoms with Crippen LogP contribution in [0.1, 0.15) is 48.9 Å². The monoisotopic (exact) mass is 421 g/mol. The summed E-state index contributed by atoms with van der Waals surface area (Å²) in [7, 11) is 0. The Balaban J connectivity index is 1.37. The first-order valence-electron chi connectivity index (χ1n) is 11.7. The van der Waals surface area contributed by atoms with Crippen molar-refractivity contribution in [2.75, 3.05) is 19.6 Å². The molecule has 2 bridgehead atoms. The molecule has 4 aliphatic rings. The van der Waals surface area contributed by atoms with E-state index < -0.39 is 5.82 Å². The Morgan fingerprint density at radius 3 is 2.97 bits per heavy atom. The molecule has 162 valence electrons. The summed E-state index contributed by atoms with van der Waals surface area (Å²) >= 11 is 0. The van der Waals surface area contributed by atoms with E-state index in [0.717, 1.165) is 32.4 Å². The van der Waals surface area contributed by atoms with Gasteiger partial charge in [-0.25, -0.2) is 4.39 Å². The van der Waals surface area contributed by atoms with Crippen molar-refractivity contribution in [2.24, 2.45) is 11.8 Å². The molecule has 1 aromatic heterocycles. The third kappa shape index (κ3) is 2.99. The van der Waals surface area contributed by atoms with Crippen LogP contribution in [-0.4, -0.2) is 52.4 Å². The quantitative estimate of drug-likeness (QED) is 0.715. The first-order valence-corrected chi connectivity index (χ1v) is 11.7. The number of aromatic nitrogens is 1. The molecule has 3 aliphatic heterocycles. The number of aromatic amines is 1. The van der Waals surface area contributed by atoms with E-state index in [9.17, 15) is 14.0 Å². The average molecular weight is 422 g/mol. The smallest absolute Gasteiger partial charge is 0.259 e. The van der Waals surface area contributed by atoms with Gasteiger partial charge in [0.05, 0.1) is 11.6 Å². The molecule has 3 saturated heterocycles. The van der Waals surface area contributed by atoms with Crippen molar-refractivity contribution in [1.29, 1.82) is 0 Å². The standard InChI is InChI=1S/C25H28FN3O2/c26-20-7-3-6-18-22(20)27-13-19(24(18)30)25(31)29-10-4-5-15-11-16-12-17(23(15)29)14-28-9-2-1-8-21(16)28/h3,6-7,11,13,16-17,21,23H,1-2,4-5,8-10,12,14H2,(H,27,30)/t16-,17+,21+,23+/m0/s1. The lowest BCUT2D eigenvalue weighted by atomic mass is 9.68. The maximum absolute atomic E-state index is 14.1. The minimum absolute atomic E-state index is 0.0861. The second-order valence-corrected chi connectivity index (χ2v) is 9.70. The fraction of sp³-hybridized carbons (Fsp3) is 0.520. The Kier molecular flexibility index (Phi) is 4.53. The van der Waals surface area contributed by atoms with Crippen LogP contribution >= 0.6 is 0 Å². The summed E-state index contributed by atoms with van der Waals surface area (Å²) in [6, 6.07) is 5.17. The van der Waals surface area contributed by atoms with Gasteiger partial charge in [0.25, 0.3) is 5.91 Å². The highest BCUT2D eigenvalue weighted by Gasteiger charge is 2.47. The third-order valence-electron chi connectivity index (χ3n) is 8.01. The SMILES string of the molecule is O=C(c1c[nH]c2c(F)cccc2c1=O)N1CCCC2=C[C@H]3C[C@H](CN4CCCC[C@H]34)[C@@H]21. The van der Waals surface area contributed by atoms with E-state index in [1.807, 2.05) is 4.90 Å².